The van der Waals surface area contributed by atoms with E-state index in [1.165, 1.54) is 15.5 Å². The van der Waals surface area contributed by atoms with E-state index in [1.54, 1.807) is 19.1 Å². The van der Waals surface area contributed by atoms with Gasteiger partial charge in [-0.15, -0.1) is 0 Å². The number of para-hydroxylation sites is 1. The summed E-state index contributed by atoms with van der Waals surface area (Å²) in [5.41, 5.74) is 3.99. The van der Waals surface area contributed by atoms with Gasteiger partial charge in [-0.3, -0.25) is 9.10 Å². The van der Waals surface area contributed by atoms with Gasteiger partial charge in [-0.1, -0.05) is 47.0 Å². The number of hydrogen-bond acceptors (Lipinski definition) is 3. The molecule has 1 heterocycles. The maximum atomic E-state index is 13.7. The van der Waals surface area contributed by atoms with Crippen molar-refractivity contribution in [2.75, 3.05) is 4.31 Å². The van der Waals surface area contributed by atoms with Gasteiger partial charge >= 0.3 is 0 Å². The Morgan fingerprint density at radius 2 is 1.64 bits per heavy atom. The third-order valence-electron chi connectivity index (χ3n) is 6.45. The van der Waals surface area contributed by atoms with Gasteiger partial charge in [0, 0.05) is 0 Å². The van der Waals surface area contributed by atoms with Crippen molar-refractivity contribution in [3.05, 3.63) is 70.8 Å². The molecule has 2 aromatic rings. The van der Waals surface area contributed by atoms with E-state index < -0.39 is 21.5 Å². The van der Waals surface area contributed by atoms with Crippen LogP contribution in [-0.2, 0) is 20.2 Å². The van der Waals surface area contributed by atoms with Gasteiger partial charge in [-0.2, -0.15) is 0 Å². The van der Waals surface area contributed by atoms with E-state index in [4.69, 9.17) is 0 Å². The highest BCUT2D eigenvalue weighted by molar-refractivity contribution is 7.93. The molecule has 4 rings (SSSR count). The summed E-state index contributed by atoms with van der Waals surface area (Å²) < 4.78 is 28.9. The van der Waals surface area contributed by atoms with E-state index in [9.17, 15) is 13.2 Å². The van der Waals surface area contributed by atoms with Crippen LogP contribution in [-0.4, -0.2) is 20.2 Å². The molecule has 0 aromatic heterocycles. The van der Waals surface area contributed by atoms with E-state index in [-0.39, 0.29) is 10.7 Å². The fourth-order valence-corrected chi connectivity index (χ4v) is 6.48. The first-order valence-electron chi connectivity index (χ1n) is 9.56. The maximum Gasteiger partial charge on any atom is 0.264 e. The lowest BCUT2D eigenvalue weighted by molar-refractivity contribution is -0.123. The van der Waals surface area contributed by atoms with Crippen molar-refractivity contribution in [2.24, 2.45) is 0 Å². The number of nitrogens with zero attached hydrogens (tertiary/aromatic N) is 1. The number of anilines is 1. The minimum absolute atomic E-state index is 0.0263. The van der Waals surface area contributed by atoms with Crippen LogP contribution >= 0.6 is 0 Å². The van der Waals surface area contributed by atoms with Crippen LogP contribution in [0.5, 0.6) is 0 Å². The second-order valence-electron chi connectivity index (χ2n) is 8.12. The third-order valence-corrected chi connectivity index (χ3v) is 8.29. The maximum absolute atomic E-state index is 13.7. The number of benzene rings is 2. The molecule has 2 atom stereocenters. The molecule has 0 spiro atoms. The molecular weight excluding hydrogens is 370 g/mol. The zero-order chi connectivity index (χ0) is 20.3. The number of carbonyl (C=O) groups is 1. The highest BCUT2D eigenvalue weighted by Crippen LogP contribution is 2.55. The van der Waals surface area contributed by atoms with Gasteiger partial charge in [0.15, 0.2) is 0 Å². The molecule has 146 valence electrons. The lowest BCUT2D eigenvalue weighted by Crippen LogP contribution is -2.53. The average molecular weight is 396 g/mol. The van der Waals surface area contributed by atoms with Crippen LogP contribution < -0.4 is 4.31 Å². The Balaban J connectivity index is 1.98. The number of sulfonamides is 1. The molecule has 1 aliphatic carbocycles. The molecular formula is C23H25NO3S. The molecule has 0 bridgehead atoms. The molecule has 0 radical (unpaired) electrons. The van der Waals surface area contributed by atoms with Crippen LogP contribution in [0.25, 0.3) is 0 Å². The fourth-order valence-electron chi connectivity index (χ4n) is 4.76. The van der Waals surface area contributed by atoms with Crippen LogP contribution in [0.15, 0.2) is 64.6 Å². The number of allylic oxidation sites excluding steroid dienone is 1. The summed E-state index contributed by atoms with van der Waals surface area (Å²) in [6.45, 7) is 7.62. The number of Topliss-reactive ketones (excluding diaryl/α,β-unsaturated/α-hetero) is 1. The van der Waals surface area contributed by atoms with Gasteiger partial charge in [0.2, 0.25) is 0 Å². The van der Waals surface area contributed by atoms with Gasteiger partial charge in [-0.25, -0.2) is 8.42 Å². The summed E-state index contributed by atoms with van der Waals surface area (Å²) in [6, 6.07) is 14.0. The van der Waals surface area contributed by atoms with Crippen LogP contribution in [0, 0.1) is 6.92 Å². The van der Waals surface area contributed by atoms with Crippen LogP contribution in [0.4, 0.5) is 5.69 Å². The normalized spacial score (nSPS) is 24.1. The molecule has 0 N–H and O–H groups in total. The predicted molar refractivity (Wildman–Crippen MR) is 111 cm³/mol. The fraction of sp³-hybridized carbons (Fsp3) is 0.348. The molecule has 4 nitrogen and oxygen atoms in total. The number of aryl methyl sites for hydroxylation is 1. The highest BCUT2D eigenvalue weighted by Gasteiger charge is 2.58. The summed E-state index contributed by atoms with van der Waals surface area (Å²) in [6.07, 6.45) is 1.13. The molecule has 2 aromatic carbocycles. The second kappa shape index (κ2) is 6.31. The zero-order valence-corrected chi connectivity index (χ0v) is 17.5. The van der Waals surface area contributed by atoms with Crippen LogP contribution in [0.1, 0.15) is 44.7 Å². The summed E-state index contributed by atoms with van der Waals surface area (Å²) in [4.78, 5) is 13.3. The number of rotatable bonds is 3. The first-order valence-corrected chi connectivity index (χ1v) is 11.0. The molecule has 2 aliphatic rings. The van der Waals surface area contributed by atoms with Crippen molar-refractivity contribution in [1.29, 1.82) is 0 Å². The molecule has 0 amide bonds. The molecule has 0 fully saturated rings. The summed E-state index contributed by atoms with van der Waals surface area (Å²) in [5.74, 6) is 0.0263. The van der Waals surface area contributed by atoms with E-state index in [0.29, 0.717) is 18.5 Å². The van der Waals surface area contributed by atoms with Gasteiger partial charge < -0.3 is 0 Å². The average Bonchev–Trinajstić information content (AvgIpc) is 2.94. The van der Waals surface area contributed by atoms with Crippen molar-refractivity contribution in [1.82, 2.24) is 0 Å². The molecule has 0 saturated carbocycles. The number of carbonyl (C=O) groups excluding carboxylic acids is 1. The Kier molecular flexibility index (Phi) is 4.27. The zero-order valence-electron chi connectivity index (χ0n) is 16.7. The minimum atomic E-state index is -3.79. The monoisotopic (exact) mass is 395 g/mol. The van der Waals surface area contributed by atoms with Gasteiger partial charge in [0.1, 0.15) is 5.78 Å². The molecule has 0 saturated heterocycles. The van der Waals surface area contributed by atoms with Crippen molar-refractivity contribution < 1.29 is 13.2 Å². The summed E-state index contributed by atoms with van der Waals surface area (Å²) >= 11 is 0. The van der Waals surface area contributed by atoms with E-state index in [1.807, 2.05) is 50.2 Å². The Hall–Kier alpha value is -2.40. The molecule has 1 aliphatic heterocycles. The molecule has 28 heavy (non-hydrogen) atoms. The van der Waals surface area contributed by atoms with Gasteiger partial charge in [-0.05, 0) is 64.3 Å². The Labute approximate surface area is 166 Å². The van der Waals surface area contributed by atoms with E-state index in [2.05, 4.69) is 6.92 Å². The van der Waals surface area contributed by atoms with Crippen LogP contribution in [0.2, 0.25) is 0 Å². The standard InChI is InChI=1S/C23H25NO3S/c1-15-9-11-19(12-10-15)28(26,27)24-21-8-6-5-7-20(21)23(18(4)25)14-17(3)16(2)13-22(23)24/h5-12,22H,13-14H2,1-4H3/t22-,23+/m1/s1. The Morgan fingerprint density at radius 3 is 2.29 bits per heavy atom. The van der Waals surface area contributed by atoms with Crippen molar-refractivity contribution in [2.45, 2.75) is 56.9 Å². The Morgan fingerprint density at radius 1 is 1.00 bits per heavy atom. The SMILES string of the molecule is CC(=O)[C@]12CC(C)=C(C)C[C@H]1N(S(=O)(=O)c1ccc(C)cc1)c1ccccc12. The first kappa shape index (κ1) is 18.9. The number of fused-ring (bicyclic) bond motifs is 3. The van der Waals surface area contributed by atoms with Crippen molar-refractivity contribution >= 4 is 21.5 Å². The Bertz CT molecular complexity index is 1100. The molecule has 0 unspecified atom stereocenters. The summed E-state index contributed by atoms with van der Waals surface area (Å²) in [7, 11) is -3.79. The quantitative estimate of drug-likeness (QED) is 0.718. The largest absolute Gasteiger partial charge is 0.299 e. The topological polar surface area (TPSA) is 54.5 Å². The minimum Gasteiger partial charge on any atom is -0.299 e. The summed E-state index contributed by atoms with van der Waals surface area (Å²) in [5, 5.41) is 0. The highest BCUT2D eigenvalue weighted by atomic mass is 32.2. The lowest BCUT2D eigenvalue weighted by Gasteiger charge is -2.41. The first-order chi connectivity index (χ1) is 13.2. The third kappa shape index (κ3) is 2.49. The molecule has 5 heteroatoms. The number of hydrogen-bond donors (Lipinski definition) is 0. The van der Waals surface area contributed by atoms with Crippen LogP contribution in [0.3, 0.4) is 0 Å². The van der Waals surface area contributed by atoms with Gasteiger partial charge in [0.05, 0.1) is 22.0 Å². The lowest BCUT2D eigenvalue weighted by atomic mass is 9.64. The van der Waals surface area contributed by atoms with Gasteiger partial charge in [0.25, 0.3) is 10.0 Å². The predicted octanol–water partition coefficient (Wildman–Crippen LogP) is 4.53. The van der Waals surface area contributed by atoms with E-state index in [0.717, 1.165) is 11.1 Å². The van der Waals surface area contributed by atoms with E-state index >= 15 is 0 Å². The number of ketones is 1. The second-order valence-corrected chi connectivity index (χ2v) is 9.93. The smallest absolute Gasteiger partial charge is 0.264 e. The van der Waals surface area contributed by atoms with Crippen molar-refractivity contribution in [3.63, 3.8) is 0 Å². The van der Waals surface area contributed by atoms with Crippen molar-refractivity contribution in [3.8, 4) is 0 Å².